The van der Waals surface area contributed by atoms with Crippen molar-refractivity contribution in [1.29, 1.82) is 0 Å². The molecule has 1 aliphatic heterocycles. The van der Waals surface area contributed by atoms with E-state index in [1.165, 1.54) is 0 Å². The van der Waals surface area contributed by atoms with E-state index in [1.54, 1.807) is 12.1 Å². The van der Waals surface area contributed by atoms with Crippen molar-refractivity contribution in [3.63, 3.8) is 0 Å². The average molecular weight is 412 g/mol. The highest BCUT2D eigenvalue weighted by Crippen LogP contribution is 2.24. The molecule has 0 saturated heterocycles. The van der Waals surface area contributed by atoms with Gasteiger partial charge in [0.05, 0.1) is 5.71 Å². The first-order valence-corrected chi connectivity index (χ1v) is 10.5. The predicted molar refractivity (Wildman–Crippen MR) is 122 cm³/mol. The number of hydrazone groups is 1. The lowest BCUT2D eigenvalue weighted by Crippen LogP contribution is -2.32. The summed E-state index contributed by atoms with van der Waals surface area (Å²) < 4.78 is 0. The SMILES string of the molecule is CC1CC(=O)NN=C1c1ccc(C(=O)NCC(c2ccccc2)c2ccccc2)cc1. The normalized spacial score (nSPS) is 15.9. The van der Waals surface area contributed by atoms with Crippen LogP contribution in [0.4, 0.5) is 0 Å². The average Bonchev–Trinajstić information content (AvgIpc) is 2.81. The third-order valence-electron chi connectivity index (χ3n) is 5.57. The molecule has 0 radical (unpaired) electrons. The summed E-state index contributed by atoms with van der Waals surface area (Å²) in [6.45, 7) is 2.48. The molecule has 0 saturated carbocycles. The first-order valence-electron chi connectivity index (χ1n) is 10.5. The number of carbonyl (C=O) groups excluding carboxylic acids is 2. The van der Waals surface area contributed by atoms with Gasteiger partial charge in [-0.1, -0.05) is 79.7 Å². The molecule has 156 valence electrons. The van der Waals surface area contributed by atoms with Crippen LogP contribution in [-0.4, -0.2) is 24.1 Å². The van der Waals surface area contributed by atoms with E-state index >= 15 is 0 Å². The zero-order valence-corrected chi connectivity index (χ0v) is 17.4. The largest absolute Gasteiger partial charge is 0.351 e. The second kappa shape index (κ2) is 9.39. The molecule has 4 rings (SSSR count). The lowest BCUT2D eigenvalue weighted by Gasteiger charge is -2.20. The molecule has 31 heavy (non-hydrogen) atoms. The molecule has 2 N–H and O–H groups in total. The van der Waals surface area contributed by atoms with Crippen LogP contribution in [0, 0.1) is 5.92 Å². The number of rotatable bonds is 6. The van der Waals surface area contributed by atoms with Gasteiger partial charge in [0.1, 0.15) is 0 Å². The van der Waals surface area contributed by atoms with E-state index in [4.69, 9.17) is 0 Å². The molecule has 2 amide bonds. The Bertz CT molecular complexity index is 1040. The number of benzene rings is 3. The number of hydrogen-bond donors (Lipinski definition) is 2. The van der Waals surface area contributed by atoms with E-state index < -0.39 is 0 Å². The zero-order chi connectivity index (χ0) is 21.6. The monoisotopic (exact) mass is 411 g/mol. The van der Waals surface area contributed by atoms with Gasteiger partial charge < -0.3 is 5.32 Å². The van der Waals surface area contributed by atoms with Gasteiger partial charge in [0.25, 0.3) is 5.91 Å². The predicted octanol–water partition coefficient (Wildman–Crippen LogP) is 4.11. The number of carbonyl (C=O) groups is 2. The van der Waals surface area contributed by atoms with E-state index in [9.17, 15) is 9.59 Å². The summed E-state index contributed by atoms with van der Waals surface area (Å²) in [5.41, 5.74) is 7.20. The molecule has 3 aromatic carbocycles. The van der Waals surface area contributed by atoms with Crippen molar-refractivity contribution in [3.8, 4) is 0 Å². The van der Waals surface area contributed by atoms with Crippen molar-refractivity contribution in [2.45, 2.75) is 19.3 Å². The Morgan fingerprint density at radius 1 is 0.968 bits per heavy atom. The van der Waals surface area contributed by atoms with Gasteiger partial charge in [-0.25, -0.2) is 5.43 Å². The lowest BCUT2D eigenvalue weighted by atomic mass is 9.91. The first-order chi connectivity index (χ1) is 15.1. The fourth-order valence-electron chi connectivity index (χ4n) is 3.89. The highest BCUT2D eigenvalue weighted by molar-refractivity contribution is 6.06. The van der Waals surface area contributed by atoms with Gasteiger partial charge >= 0.3 is 0 Å². The van der Waals surface area contributed by atoms with Crippen LogP contribution in [0.15, 0.2) is 90.0 Å². The Morgan fingerprint density at radius 3 is 2.10 bits per heavy atom. The maximum Gasteiger partial charge on any atom is 0.251 e. The Hall–Kier alpha value is -3.73. The summed E-state index contributed by atoms with van der Waals surface area (Å²) in [5.74, 6) is -0.0633. The van der Waals surface area contributed by atoms with E-state index in [-0.39, 0.29) is 23.7 Å². The van der Waals surface area contributed by atoms with E-state index in [0.29, 0.717) is 18.5 Å². The minimum atomic E-state index is -0.115. The van der Waals surface area contributed by atoms with Crippen LogP contribution < -0.4 is 10.7 Å². The van der Waals surface area contributed by atoms with Crippen molar-refractivity contribution in [2.24, 2.45) is 11.0 Å². The van der Waals surface area contributed by atoms with Crippen molar-refractivity contribution in [2.75, 3.05) is 6.54 Å². The topological polar surface area (TPSA) is 70.6 Å². The number of hydrogen-bond acceptors (Lipinski definition) is 3. The molecule has 1 heterocycles. The molecule has 1 atom stereocenters. The van der Waals surface area contributed by atoms with Crippen LogP contribution in [0.5, 0.6) is 0 Å². The lowest BCUT2D eigenvalue weighted by molar-refractivity contribution is -0.121. The van der Waals surface area contributed by atoms with Gasteiger partial charge in [0, 0.05) is 30.4 Å². The molecule has 5 heteroatoms. The maximum atomic E-state index is 12.8. The second-order valence-corrected chi connectivity index (χ2v) is 7.80. The highest BCUT2D eigenvalue weighted by atomic mass is 16.2. The quantitative estimate of drug-likeness (QED) is 0.641. The van der Waals surface area contributed by atoms with Crippen molar-refractivity contribution in [1.82, 2.24) is 10.7 Å². The number of amides is 2. The van der Waals surface area contributed by atoms with E-state index in [0.717, 1.165) is 22.4 Å². The Balaban J connectivity index is 1.46. The molecule has 1 aliphatic rings. The third-order valence-corrected chi connectivity index (χ3v) is 5.57. The van der Waals surface area contributed by atoms with Crippen LogP contribution in [0.25, 0.3) is 0 Å². The molecule has 1 unspecified atom stereocenters. The highest BCUT2D eigenvalue weighted by Gasteiger charge is 2.22. The number of nitrogens with zero attached hydrogens (tertiary/aromatic N) is 1. The molecule has 0 spiro atoms. The minimum absolute atomic E-state index is 0.0472. The van der Waals surface area contributed by atoms with E-state index in [2.05, 4.69) is 40.1 Å². The number of nitrogens with one attached hydrogen (secondary N) is 2. The molecule has 0 aliphatic carbocycles. The summed E-state index contributed by atoms with van der Waals surface area (Å²) in [6.07, 6.45) is 0.418. The molecular weight excluding hydrogens is 386 g/mol. The zero-order valence-electron chi connectivity index (χ0n) is 17.4. The fourth-order valence-corrected chi connectivity index (χ4v) is 3.89. The van der Waals surface area contributed by atoms with Crippen LogP contribution >= 0.6 is 0 Å². The van der Waals surface area contributed by atoms with Gasteiger partial charge in [-0.15, -0.1) is 0 Å². The fraction of sp³-hybridized carbons (Fsp3) is 0.192. The van der Waals surface area contributed by atoms with Crippen LogP contribution in [-0.2, 0) is 4.79 Å². The summed E-state index contributed by atoms with van der Waals surface area (Å²) in [5, 5.41) is 7.26. The molecule has 5 nitrogen and oxygen atoms in total. The van der Waals surface area contributed by atoms with Gasteiger partial charge in [-0.2, -0.15) is 5.10 Å². The second-order valence-electron chi connectivity index (χ2n) is 7.80. The summed E-state index contributed by atoms with van der Waals surface area (Å²) in [7, 11) is 0. The van der Waals surface area contributed by atoms with Gasteiger partial charge in [-0.3, -0.25) is 9.59 Å². The van der Waals surface area contributed by atoms with Crippen LogP contribution in [0.2, 0.25) is 0 Å². The molecule has 0 aromatic heterocycles. The van der Waals surface area contributed by atoms with Crippen molar-refractivity contribution >= 4 is 17.5 Å². The van der Waals surface area contributed by atoms with Crippen molar-refractivity contribution in [3.05, 3.63) is 107 Å². The summed E-state index contributed by atoms with van der Waals surface area (Å²) in [4.78, 5) is 24.3. The summed E-state index contributed by atoms with van der Waals surface area (Å²) >= 11 is 0. The minimum Gasteiger partial charge on any atom is -0.351 e. The standard InChI is InChI=1S/C26H25N3O2/c1-18-16-24(30)28-29-25(18)21-12-14-22(15-13-21)26(31)27-17-23(19-8-4-2-5-9-19)20-10-6-3-7-11-20/h2-15,18,23H,16-17H2,1H3,(H,27,31)(H,28,30). The Morgan fingerprint density at radius 2 is 1.55 bits per heavy atom. The first kappa shape index (κ1) is 20.5. The van der Waals surface area contributed by atoms with Gasteiger partial charge in [-0.05, 0) is 28.8 Å². The molecule has 3 aromatic rings. The van der Waals surface area contributed by atoms with Gasteiger partial charge in [0.15, 0.2) is 0 Å². The van der Waals surface area contributed by atoms with Crippen LogP contribution in [0.3, 0.4) is 0 Å². The Labute approximate surface area is 182 Å². The smallest absolute Gasteiger partial charge is 0.251 e. The Kier molecular flexibility index (Phi) is 6.22. The third kappa shape index (κ3) is 4.89. The molecule has 0 fully saturated rings. The van der Waals surface area contributed by atoms with Gasteiger partial charge in [0.2, 0.25) is 5.91 Å². The maximum absolute atomic E-state index is 12.8. The van der Waals surface area contributed by atoms with E-state index in [1.807, 2.05) is 55.5 Å². The van der Waals surface area contributed by atoms with Crippen molar-refractivity contribution < 1.29 is 9.59 Å². The molecular formula is C26H25N3O2. The van der Waals surface area contributed by atoms with Crippen LogP contribution in [0.1, 0.15) is 46.3 Å². The summed E-state index contributed by atoms with van der Waals surface area (Å²) in [6, 6.07) is 27.8. The molecule has 0 bridgehead atoms.